The van der Waals surface area contributed by atoms with Crippen molar-refractivity contribution >= 4 is 34.0 Å². The maximum Gasteiger partial charge on any atom is 0.0730 e. The molecule has 0 amide bonds. The van der Waals surface area contributed by atoms with Gasteiger partial charge in [0.2, 0.25) is 0 Å². The highest BCUT2D eigenvalue weighted by Gasteiger charge is 2.11. The average Bonchev–Trinajstić information content (AvgIpc) is 2.82. The minimum absolute atomic E-state index is 1.01. The first-order chi connectivity index (χ1) is 14.8. The lowest BCUT2D eigenvalue weighted by Gasteiger charge is -2.22. The van der Waals surface area contributed by atoms with Gasteiger partial charge in [0, 0.05) is 24.2 Å². The van der Waals surface area contributed by atoms with Gasteiger partial charge in [0.05, 0.1) is 17.6 Å². The lowest BCUT2D eigenvalue weighted by molar-refractivity contribution is 0.866. The molecule has 30 heavy (non-hydrogen) atoms. The number of para-hydroxylation sites is 1. The maximum atomic E-state index is 4.89. The highest BCUT2D eigenvalue weighted by Crippen LogP contribution is 2.32. The predicted octanol–water partition coefficient (Wildman–Crippen LogP) is 6.86. The Balaban J connectivity index is 1.71. The van der Waals surface area contributed by atoms with E-state index in [1.54, 1.807) is 0 Å². The van der Waals surface area contributed by atoms with E-state index in [1.165, 1.54) is 16.5 Å². The molecule has 0 radical (unpaired) electrons. The second-order valence-electron chi connectivity index (χ2n) is 7.15. The summed E-state index contributed by atoms with van der Waals surface area (Å²) in [7, 11) is 0. The van der Waals surface area contributed by atoms with Gasteiger partial charge >= 0.3 is 0 Å². The Morgan fingerprint density at radius 3 is 2.07 bits per heavy atom. The smallest absolute Gasteiger partial charge is 0.0730 e. The van der Waals surface area contributed by atoms with Crippen molar-refractivity contribution in [3.05, 3.63) is 103 Å². The van der Waals surface area contributed by atoms with Crippen molar-refractivity contribution in [2.24, 2.45) is 5.10 Å². The van der Waals surface area contributed by atoms with Crippen molar-refractivity contribution in [1.82, 2.24) is 0 Å². The van der Waals surface area contributed by atoms with Crippen LogP contribution in [0.4, 0.5) is 17.1 Å². The molecule has 0 aliphatic heterocycles. The number of rotatable bonds is 7. The predicted molar refractivity (Wildman–Crippen MR) is 130 cm³/mol. The minimum Gasteiger partial charge on any atom is -0.372 e. The molecule has 3 heteroatoms. The highest BCUT2D eigenvalue weighted by molar-refractivity contribution is 5.96. The fourth-order valence-electron chi connectivity index (χ4n) is 3.71. The van der Waals surface area contributed by atoms with Crippen molar-refractivity contribution in [2.75, 3.05) is 23.0 Å². The molecule has 4 aromatic rings. The van der Waals surface area contributed by atoms with Crippen LogP contribution >= 0.6 is 0 Å². The Kier molecular flexibility index (Phi) is 6.09. The van der Waals surface area contributed by atoms with Crippen molar-refractivity contribution < 1.29 is 0 Å². The summed E-state index contributed by atoms with van der Waals surface area (Å²) in [5, 5.41) is 9.29. The number of nitrogens with zero attached hydrogens (tertiary/aromatic N) is 3. The number of hydrogen-bond acceptors (Lipinski definition) is 3. The summed E-state index contributed by atoms with van der Waals surface area (Å²) >= 11 is 0. The molecule has 0 aliphatic rings. The van der Waals surface area contributed by atoms with Crippen molar-refractivity contribution in [3.63, 3.8) is 0 Å². The second kappa shape index (κ2) is 9.27. The van der Waals surface area contributed by atoms with E-state index in [9.17, 15) is 0 Å². The lowest BCUT2D eigenvalue weighted by Crippen LogP contribution is -2.21. The molecular formula is C27H27N3. The van der Waals surface area contributed by atoms with Crippen molar-refractivity contribution in [1.29, 1.82) is 0 Å². The van der Waals surface area contributed by atoms with E-state index in [1.807, 2.05) is 29.4 Å². The molecule has 3 nitrogen and oxygen atoms in total. The Bertz CT molecular complexity index is 1110. The van der Waals surface area contributed by atoms with Gasteiger partial charge in [-0.1, -0.05) is 66.7 Å². The van der Waals surface area contributed by atoms with Crippen molar-refractivity contribution in [3.8, 4) is 0 Å². The second-order valence-corrected chi connectivity index (χ2v) is 7.15. The molecule has 4 rings (SSSR count). The summed E-state index contributed by atoms with van der Waals surface area (Å²) in [5.41, 5.74) is 4.42. The van der Waals surface area contributed by atoms with Crippen LogP contribution in [0.1, 0.15) is 19.4 Å². The topological polar surface area (TPSA) is 18.8 Å². The first-order valence-corrected chi connectivity index (χ1v) is 10.5. The summed E-state index contributed by atoms with van der Waals surface area (Å²) in [5.74, 6) is 0. The number of hydrazone groups is 1. The van der Waals surface area contributed by atoms with Gasteiger partial charge in [-0.15, -0.1) is 0 Å². The third-order valence-corrected chi connectivity index (χ3v) is 5.34. The van der Waals surface area contributed by atoms with Crippen LogP contribution in [0, 0.1) is 0 Å². The van der Waals surface area contributed by atoms with Gasteiger partial charge in [-0.05, 0) is 55.1 Å². The van der Waals surface area contributed by atoms with E-state index in [-0.39, 0.29) is 0 Å². The van der Waals surface area contributed by atoms with E-state index in [4.69, 9.17) is 5.10 Å². The molecule has 0 N–H and O–H groups in total. The Labute approximate surface area is 178 Å². The Morgan fingerprint density at radius 1 is 0.667 bits per heavy atom. The van der Waals surface area contributed by atoms with Gasteiger partial charge in [0.25, 0.3) is 0 Å². The van der Waals surface area contributed by atoms with Crippen LogP contribution in [0.25, 0.3) is 10.8 Å². The molecule has 4 aromatic carbocycles. The van der Waals surface area contributed by atoms with Crippen LogP contribution in [0.15, 0.2) is 102 Å². The zero-order valence-corrected chi connectivity index (χ0v) is 17.6. The maximum absolute atomic E-state index is 4.89. The van der Waals surface area contributed by atoms with E-state index in [0.717, 1.165) is 30.0 Å². The van der Waals surface area contributed by atoms with Gasteiger partial charge in [0.1, 0.15) is 0 Å². The first kappa shape index (κ1) is 19.7. The fraction of sp³-hybridized carbons (Fsp3) is 0.148. The molecule has 0 fully saturated rings. The van der Waals surface area contributed by atoms with Gasteiger partial charge < -0.3 is 4.90 Å². The average molecular weight is 394 g/mol. The molecule has 0 atom stereocenters. The monoisotopic (exact) mass is 393 g/mol. The fourth-order valence-corrected chi connectivity index (χ4v) is 3.71. The van der Waals surface area contributed by atoms with E-state index in [2.05, 4.69) is 97.6 Å². The van der Waals surface area contributed by atoms with Crippen LogP contribution in [0.5, 0.6) is 0 Å². The molecule has 0 saturated carbocycles. The van der Waals surface area contributed by atoms with Crippen LogP contribution in [0.3, 0.4) is 0 Å². The molecule has 0 spiro atoms. The molecule has 0 heterocycles. The molecule has 0 aromatic heterocycles. The van der Waals surface area contributed by atoms with Gasteiger partial charge in [-0.3, -0.25) is 0 Å². The number of anilines is 3. The Morgan fingerprint density at radius 2 is 1.33 bits per heavy atom. The third-order valence-electron chi connectivity index (χ3n) is 5.34. The quantitative estimate of drug-likeness (QED) is 0.252. The molecule has 0 bridgehead atoms. The normalized spacial score (nSPS) is 11.1. The van der Waals surface area contributed by atoms with Crippen LogP contribution in [0.2, 0.25) is 0 Å². The van der Waals surface area contributed by atoms with Gasteiger partial charge in [0.15, 0.2) is 0 Å². The van der Waals surface area contributed by atoms with Crippen LogP contribution in [-0.2, 0) is 0 Å². The van der Waals surface area contributed by atoms with Crippen molar-refractivity contribution in [2.45, 2.75) is 13.8 Å². The highest BCUT2D eigenvalue weighted by atomic mass is 15.5. The standard InChI is InChI=1S/C27H27N3/c1-3-29(4-2)24-19-17-22(18-20-24)21-28-30(25-13-6-5-7-14-25)27-16-10-12-23-11-8-9-15-26(23)27/h5-21H,3-4H2,1-2H3/b28-21-. The number of benzene rings is 4. The van der Waals surface area contributed by atoms with E-state index in [0.29, 0.717) is 0 Å². The molecule has 150 valence electrons. The zero-order chi connectivity index (χ0) is 20.8. The number of fused-ring (bicyclic) bond motifs is 1. The summed E-state index contributed by atoms with van der Waals surface area (Å²) in [4.78, 5) is 2.34. The Hall–Kier alpha value is -3.59. The van der Waals surface area contributed by atoms with Gasteiger partial charge in [-0.25, -0.2) is 5.01 Å². The first-order valence-electron chi connectivity index (χ1n) is 10.5. The van der Waals surface area contributed by atoms with Gasteiger partial charge in [-0.2, -0.15) is 5.10 Å². The molecule has 0 aliphatic carbocycles. The molecule has 0 saturated heterocycles. The van der Waals surface area contributed by atoms with E-state index >= 15 is 0 Å². The summed E-state index contributed by atoms with van der Waals surface area (Å²) in [6.07, 6.45) is 1.93. The minimum atomic E-state index is 1.01. The third kappa shape index (κ3) is 4.20. The number of hydrogen-bond donors (Lipinski definition) is 0. The molecular weight excluding hydrogens is 366 g/mol. The van der Waals surface area contributed by atoms with Crippen LogP contribution < -0.4 is 9.91 Å². The largest absolute Gasteiger partial charge is 0.372 e. The molecule has 0 unspecified atom stereocenters. The summed E-state index contributed by atoms with van der Waals surface area (Å²) in [6, 6.07) is 33.6. The van der Waals surface area contributed by atoms with Crippen LogP contribution in [-0.4, -0.2) is 19.3 Å². The summed E-state index contributed by atoms with van der Waals surface area (Å²) < 4.78 is 0. The zero-order valence-electron chi connectivity index (χ0n) is 17.6. The SMILES string of the molecule is CCN(CC)c1ccc(/C=N\N(c2ccccc2)c2cccc3ccccc23)cc1. The lowest BCUT2D eigenvalue weighted by atomic mass is 10.1. The summed E-state index contributed by atoms with van der Waals surface area (Å²) in [6.45, 7) is 6.38. The van der Waals surface area contributed by atoms with E-state index < -0.39 is 0 Å².